The van der Waals surface area contributed by atoms with Gasteiger partial charge in [0.2, 0.25) is 11.2 Å². The predicted molar refractivity (Wildman–Crippen MR) is 84.7 cm³/mol. The maximum Gasteiger partial charge on any atom is 0.264 e. The zero-order valence-electron chi connectivity index (χ0n) is 12.9. The molecular weight excluding hydrogens is 304 g/mol. The van der Waals surface area contributed by atoms with Crippen LogP contribution in [0.3, 0.4) is 0 Å². The molecule has 22 heavy (non-hydrogen) atoms. The van der Waals surface area contributed by atoms with Crippen LogP contribution < -0.4 is 15.5 Å². The van der Waals surface area contributed by atoms with E-state index in [9.17, 15) is 9.59 Å². The molecule has 0 atom stereocenters. The molecule has 0 aromatic carbocycles. The number of rotatable bonds is 4. The molecule has 1 N–H and O–H groups in total. The van der Waals surface area contributed by atoms with E-state index in [-0.39, 0.29) is 29.1 Å². The minimum Gasteiger partial charge on any atom is -0.477 e. The molecule has 0 radical (unpaired) electrons. The average molecular weight is 322 g/mol. The van der Waals surface area contributed by atoms with E-state index in [2.05, 4.69) is 10.3 Å². The van der Waals surface area contributed by atoms with Gasteiger partial charge >= 0.3 is 0 Å². The number of nitrogens with zero attached hydrogens (tertiary/aromatic N) is 1. The minimum absolute atomic E-state index is 0.00951. The van der Waals surface area contributed by atoms with Gasteiger partial charge in [-0.3, -0.25) is 14.9 Å². The van der Waals surface area contributed by atoms with Crippen LogP contribution in [0.15, 0.2) is 26.9 Å². The highest BCUT2D eigenvalue weighted by molar-refractivity contribution is 7.13. The molecule has 0 bridgehead atoms. The third kappa shape index (κ3) is 4.17. The molecule has 2 rings (SSSR count). The first-order valence-electron chi connectivity index (χ1n) is 6.74. The number of aromatic nitrogens is 1. The largest absolute Gasteiger partial charge is 0.477 e. The number of thiazole rings is 1. The van der Waals surface area contributed by atoms with Crippen LogP contribution in [0.25, 0.3) is 0 Å². The summed E-state index contributed by atoms with van der Waals surface area (Å²) in [7, 11) is 0. The molecule has 2 heterocycles. The zero-order valence-corrected chi connectivity index (χ0v) is 13.7. The molecule has 0 aliphatic heterocycles. The van der Waals surface area contributed by atoms with Crippen LogP contribution in [0.4, 0.5) is 5.13 Å². The number of carbonyl (C=O) groups is 1. The summed E-state index contributed by atoms with van der Waals surface area (Å²) in [5.41, 5.74) is 0.519. The van der Waals surface area contributed by atoms with E-state index >= 15 is 0 Å². The fraction of sp³-hybridized carbons (Fsp3) is 0.400. The molecule has 0 unspecified atom stereocenters. The van der Waals surface area contributed by atoms with Crippen molar-refractivity contribution in [3.63, 3.8) is 0 Å². The Kier molecular flexibility index (Phi) is 4.65. The third-order valence-electron chi connectivity index (χ3n) is 2.81. The average Bonchev–Trinajstić information content (AvgIpc) is 2.86. The standard InChI is InChI=1S/C15H18N2O4S/c1-9-5-10(18)11(6-20-9)21-7-13(19)17-14-16-12(8-22-14)15(2,3)4/h5-6,8H,7H2,1-4H3,(H,16,17,19). The van der Waals surface area contributed by atoms with Crippen molar-refractivity contribution < 1.29 is 13.9 Å². The minimum atomic E-state index is -0.380. The Bertz CT molecular complexity index is 728. The van der Waals surface area contributed by atoms with Crippen molar-refractivity contribution in [3.8, 4) is 5.75 Å². The van der Waals surface area contributed by atoms with E-state index in [1.807, 2.05) is 26.2 Å². The van der Waals surface area contributed by atoms with Crippen molar-refractivity contribution in [2.24, 2.45) is 0 Å². The lowest BCUT2D eigenvalue weighted by Gasteiger charge is -2.14. The van der Waals surface area contributed by atoms with Gasteiger partial charge in [-0.25, -0.2) is 4.98 Å². The summed E-state index contributed by atoms with van der Waals surface area (Å²) in [5, 5.41) is 5.06. The van der Waals surface area contributed by atoms with Crippen molar-refractivity contribution in [3.05, 3.63) is 39.4 Å². The van der Waals surface area contributed by atoms with Gasteiger partial charge in [-0.2, -0.15) is 0 Å². The Morgan fingerprint density at radius 2 is 2.18 bits per heavy atom. The van der Waals surface area contributed by atoms with E-state index in [4.69, 9.17) is 9.15 Å². The predicted octanol–water partition coefficient (Wildman–Crippen LogP) is 2.72. The molecule has 0 saturated carbocycles. The number of aryl methyl sites for hydroxylation is 1. The molecular formula is C15H18N2O4S. The number of anilines is 1. The topological polar surface area (TPSA) is 81.4 Å². The highest BCUT2D eigenvalue weighted by Gasteiger charge is 2.18. The fourth-order valence-corrected chi connectivity index (χ4v) is 2.53. The summed E-state index contributed by atoms with van der Waals surface area (Å²) >= 11 is 1.35. The molecule has 0 aliphatic carbocycles. The lowest BCUT2D eigenvalue weighted by Crippen LogP contribution is -2.22. The summed E-state index contributed by atoms with van der Waals surface area (Å²) in [6, 6.07) is 1.31. The van der Waals surface area contributed by atoms with Crippen LogP contribution in [0.5, 0.6) is 5.75 Å². The third-order valence-corrected chi connectivity index (χ3v) is 3.56. The van der Waals surface area contributed by atoms with Crippen LogP contribution >= 0.6 is 11.3 Å². The molecule has 7 heteroatoms. The maximum absolute atomic E-state index is 11.8. The van der Waals surface area contributed by atoms with Crippen LogP contribution in [0.2, 0.25) is 0 Å². The smallest absolute Gasteiger partial charge is 0.264 e. The Morgan fingerprint density at radius 3 is 2.77 bits per heavy atom. The second-order valence-corrected chi connectivity index (χ2v) is 6.70. The molecule has 6 nitrogen and oxygen atoms in total. The highest BCUT2D eigenvalue weighted by atomic mass is 32.1. The van der Waals surface area contributed by atoms with Gasteiger partial charge in [-0.05, 0) is 6.92 Å². The van der Waals surface area contributed by atoms with Crippen molar-refractivity contribution in [2.75, 3.05) is 11.9 Å². The monoisotopic (exact) mass is 322 g/mol. The first-order chi connectivity index (χ1) is 10.3. The van der Waals surface area contributed by atoms with E-state index < -0.39 is 0 Å². The van der Waals surface area contributed by atoms with Gasteiger partial charge in [-0.15, -0.1) is 11.3 Å². The highest BCUT2D eigenvalue weighted by Crippen LogP contribution is 2.26. The Hall–Kier alpha value is -2.15. The lowest BCUT2D eigenvalue weighted by atomic mass is 9.93. The van der Waals surface area contributed by atoms with Gasteiger partial charge in [0.25, 0.3) is 5.91 Å². The number of hydrogen-bond donors (Lipinski definition) is 1. The molecule has 2 aromatic rings. The van der Waals surface area contributed by atoms with Crippen molar-refractivity contribution in [1.82, 2.24) is 4.98 Å². The van der Waals surface area contributed by atoms with Crippen molar-refractivity contribution in [2.45, 2.75) is 33.1 Å². The molecule has 2 aromatic heterocycles. The molecule has 118 valence electrons. The first-order valence-corrected chi connectivity index (χ1v) is 7.62. The number of nitrogens with one attached hydrogen (secondary N) is 1. The number of hydrogen-bond acceptors (Lipinski definition) is 6. The van der Waals surface area contributed by atoms with E-state index in [0.29, 0.717) is 10.9 Å². The summed E-state index contributed by atoms with van der Waals surface area (Å²) < 4.78 is 10.2. The molecule has 0 aliphatic rings. The van der Waals surface area contributed by atoms with Crippen LogP contribution in [-0.4, -0.2) is 17.5 Å². The number of carbonyl (C=O) groups excluding carboxylic acids is 1. The molecule has 0 spiro atoms. The van der Waals surface area contributed by atoms with E-state index in [0.717, 1.165) is 5.69 Å². The van der Waals surface area contributed by atoms with E-state index in [1.54, 1.807) is 6.92 Å². The summed E-state index contributed by atoms with van der Waals surface area (Å²) in [5.74, 6) is 0.115. The molecule has 0 fully saturated rings. The van der Waals surface area contributed by atoms with Gasteiger partial charge in [0, 0.05) is 16.9 Å². The summed E-state index contributed by atoms with van der Waals surface area (Å²) in [6.45, 7) is 7.53. The quantitative estimate of drug-likeness (QED) is 0.936. The fourth-order valence-electron chi connectivity index (χ4n) is 1.57. The Balaban J connectivity index is 1.93. The van der Waals surface area contributed by atoms with Crippen LogP contribution in [0.1, 0.15) is 32.2 Å². The van der Waals surface area contributed by atoms with Crippen molar-refractivity contribution in [1.29, 1.82) is 0 Å². The van der Waals surface area contributed by atoms with Gasteiger partial charge < -0.3 is 9.15 Å². The van der Waals surface area contributed by atoms with Crippen molar-refractivity contribution >= 4 is 22.4 Å². The SMILES string of the molecule is Cc1cc(=O)c(OCC(=O)Nc2nc(C(C)(C)C)cs2)co1. The van der Waals surface area contributed by atoms with Crippen LogP contribution in [-0.2, 0) is 10.2 Å². The van der Waals surface area contributed by atoms with Gasteiger partial charge in [0.15, 0.2) is 11.7 Å². The zero-order chi connectivity index (χ0) is 16.3. The lowest BCUT2D eigenvalue weighted by molar-refractivity contribution is -0.118. The molecule has 0 saturated heterocycles. The van der Waals surface area contributed by atoms with Gasteiger partial charge in [0.1, 0.15) is 12.0 Å². The summed E-state index contributed by atoms with van der Waals surface area (Å²) in [6.07, 6.45) is 1.20. The normalized spacial score (nSPS) is 11.3. The van der Waals surface area contributed by atoms with E-state index in [1.165, 1.54) is 23.7 Å². The maximum atomic E-state index is 11.8. The number of amides is 1. The van der Waals surface area contributed by atoms with Crippen LogP contribution in [0, 0.1) is 6.92 Å². The van der Waals surface area contributed by atoms with Gasteiger partial charge in [0.05, 0.1) is 5.69 Å². The van der Waals surface area contributed by atoms with Gasteiger partial charge in [-0.1, -0.05) is 20.8 Å². The second kappa shape index (κ2) is 6.31. The Labute approximate surface area is 132 Å². The summed E-state index contributed by atoms with van der Waals surface area (Å²) in [4.78, 5) is 27.8. The first kappa shape index (κ1) is 16.2. The Morgan fingerprint density at radius 1 is 1.45 bits per heavy atom. The number of ether oxygens (including phenoxy) is 1. The second-order valence-electron chi connectivity index (χ2n) is 5.84. The molecule has 1 amide bonds.